The second-order valence-electron chi connectivity index (χ2n) is 7.09. The van der Waals surface area contributed by atoms with E-state index >= 15 is 0 Å². The van der Waals surface area contributed by atoms with Crippen LogP contribution in [-0.2, 0) is 4.79 Å². The summed E-state index contributed by atoms with van der Waals surface area (Å²) >= 11 is 0. The summed E-state index contributed by atoms with van der Waals surface area (Å²) in [5.41, 5.74) is 5.83. The number of halogens is 3. The number of benzene rings is 2. The zero-order chi connectivity index (χ0) is 24.3. The molecule has 2 aromatic carbocycles. The molecule has 0 aliphatic carbocycles. The van der Waals surface area contributed by atoms with Gasteiger partial charge in [0.2, 0.25) is 17.7 Å². The van der Waals surface area contributed by atoms with Gasteiger partial charge < -0.3 is 25.8 Å². The number of ether oxygens (including phenoxy) is 2. The van der Waals surface area contributed by atoms with Crippen molar-refractivity contribution >= 4 is 17.8 Å². The quantitative estimate of drug-likeness (QED) is 0.475. The summed E-state index contributed by atoms with van der Waals surface area (Å²) in [6, 6.07) is 10.8. The molecule has 0 spiro atoms. The Morgan fingerprint density at radius 2 is 1.62 bits per heavy atom. The van der Waals surface area contributed by atoms with Gasteiger partial charge in [-0.2, -0.15) is 9.97 Å². The van der Waals surface area contributed by atoms with E-state index < -0.39 is 18.3 Å². The van der Waals surface area contributed by atoms with Crippen molar-refractivity contribution in [3.8, 4) is 28.6 Å². The average Bonchev–Trinajstić information content (AvgIpc) is 3.18. The van der Waals surface area contributed by atoms with E-state index in [0.717, 1.165) is 12.1 Å². The van der Waals surface area contributed by atoms with Crippen LogP contribution in [0.25, 0.3) is 11.4 Å². The highest BCUT2D eigenvalue weighted by atomic mass is 19.4. The number of nitrogens with one attached hydrogen (secondary N) is 2. The standard InChI is InChI=1S/C21H17F3N6O4/c22-21(23,24)34-14-7-5-13(6-8-14)33-12-3-1-11(2-4-12)17-28-18(16(25)31)30-20(29-17)27-15-9-10-26-19(15)32/h1-8,15H,9-10H2,(H2,25,31)(H,26,32)(H,27,28,29,30). The first-order valence-corrected chi connectivity index (χ1v) is 9.90. The van der Waals surface area contributed by atoms with Gasteiger partial charge in [0.15, 0.2) is 5.82 Å². The number of primary amides is 1. The summed E-state index contributed by atoms with van der Waals surface area (Å²) in [6.45, 7) is 0.511. The number of carbonyl (C=O) groups is 2. The van der Waals surface area contributed by atoms with Crippen molar-refractivity contribution in [1.29, 1.82) is 0 Å². The lowest BCUT2D eigenvalue weighted by Crippen LogP contribution is -2.31. The fraction of sp³-hybridized carbons (Fsp3) is 0.190. The van der Waals surface area contributed by atoms with Crippen LogP contribution in [0.3, 0.4) is 0 Å². The van der Waals surface area contributed by atoms with Gasteiger partial charge >= 0.3 is 6.36 Å². The van der Waals surface area contributed by atoms with E-state index in [0.29, 0.717) is 30.0 Å². The topological polar surface area (TPSA) is 141 Å². The van der Waals surface area contributed by atoms with Crippen molar-refractivity contribution in [3.63, 3.8) is 0 Å². The van der Waals surface area contributed by atoms with Crippen LogP contribution in [0.5, 0.6) is 17.2 Å². The first-order chi connectivity index (χ1) is 16.2. The molecule has 1 atom stereocenters. The van der Waals surface area contributed by atoms with Gasteiger partial charge in [0, 0.05) is 12.1 Å². The molecule has 34 heavy (non-hydrogen) atoms. The van der Waals surface area contributed by atoms with E-state index in [1.807, 2.05) is 0 Å². The smallest absolute Gasteiger partial charge is 0.457 e. The first-order valence-electron chi connectivity index (χ1n) is 9.90. The van der Waals surface area contributed by atoms with E-state index in [1.165, 1.54) is 12.1 Å². The fourth-order valence-corrected chi connectivity index (χ4v) is 3.08. The molecule has 13 heteroatoms. The Morgan fingerprint density at radius 1 is 1.00 bits per heavy atom. The van der Waals surface area contributed by atoms with E-state index in [2.05, 4.69) is 30.3 Å². The predicted octanol–water partition coefficient (Wildman–Crippen LogP) is 2.63. The van der Waals surface area contributed by atoms with Gasteiger partial charge in [-0.05, 0) is 55.0 Å². The third kappa shape index (κ3) is 5.68. The van der Waals surface area contributed by atoms with Crippen molar-refractivity contribution in [2.45, 2.75) is 18.8 Å². The molecule has 2 heterocycles. The minimum atomic E-state index is -4.78. The first kappa shape index (κ1) is 22.8. The van der Waals surface area contributed by atoms with Gasteiger partial charge in [-0.1, -0.05) is 0 Å². The van der Waals surface area contributed by atoms with Crippen LogP contribution in [0.1, 0.15) is 17.0 Å². The van der Waals surface area contributed by atoms with Crippen molar-refractivity contribution in [2.75, 3.05) is 11.9 Å². The van der Waals surface area contributed by atoms with E-state index in [1.54, 1.807) is 24.3 Å². The Morgan fingerprint density at radius 3 is 2.18 bits per heavy atom. The molecule has 2 amide bonds. The molecule has 1 aliphatic rings. The highest BCUT2D eigenvalue weighted by Gasteiger charge is 2.31. The number of hydrogen-bond donors (Lipinski definition) is 3. The second kappa shape index (κ2) is 9.21. The summed E-state index contributed by atoms with van der Waals surface area (Å²) < 4.78 is 46.2. The number of amides is 2. The predicted molar refractivity (Wildman–Crippen MR) is 112 cm³/mol. The lowest BCUT2D eigenvalue weighted by Gasteiger charge is -2.12. The Balaban J connectivity index is 1.50. The van der Waals surface area contributed by atoms with Crippen LogP contribution >= 0.6 is 0 Å². The van der Waals surface area contributed by atoms with Crippen molar-refractivity contribution in [2.24, 2.45) is 5.73 Å². The lowest BCUT2D eigenvalue weighted by atomic mass is 10.2. The summed E-state index contributed by atoms with van der Waals surface area (Å²) in [5.74, 6) is -0.852. The van der Waals surface area contributed by atoms with Crippen molar-refractivity contribution < 1.29 is 32.2 Å². The highest BCUT2D eigenvalue weighted by molar-refractivity contribution is 5.90. The van der Waals surface area contributed by atoms with Gasteiger partial charge in [-0.3, -0.25) is 9.59 Å². The van der Waals surface area contributed by atoms with Crippen LogP contribution in [0.15, 0.2) is 48.5 Å². The largest absolute Gasteiger partial charge is 0.573 e. The lowest BCUT2D eigenvalue weighted by molar-refractivity contribution is -0.274. The Hall–Kier alpha value is -4.42. The maximum absolute atomic E-state index is 12.3. The number of nitrogens with zero attached hydrogens (tertiary/aromatic N) is 3. The average molecular weight is 474 g/mol. The molecule has 0 radical (unpaired) electrons. The van der Waals surface area contributed by atoms with Crippen molar-refractivity contribution in [1.82, 2.24) is 20.3 Å². The molecule has 1 aromatic heterocycles. The summed E-state index contributed by atoms with van der Waals surface area (Å²) in [5, 5.41) is 5.55. The number of anilines is 1. The fourth-order valence-electron chi connectivity index (χ4n) is 3.08. The summed E-state index contributed by atoms with van der Waals surface area (Å²) in [6.07, 6.45) is -4.25. The molecule has 4 rings (SSSR count). The SMILES string of the molecule is NC(=O)c1nc(NC2CCNC2=O)nc(-c2ccc(Oc3ccc(OC(F)(F)F)cc3)cc2)n1. The van der Waals surface area contributed by atoms with Gasteiger partial charge in [-0.25, -0.2) is 4.98 Å². The van der Waals surface area contributed by atoms with Gasteiger partial charge in [0.25, 0.3) is 5.91 Å². The van der Waals surface area contributed by atoms with Crippen LogP contribution in [-0.4, -0.2) is 45.7 Å². The molecule has 1 aliphatic heterocycles. The van der Waals surface area contributed by atoms with Crippen LogP contribution in [0, 0.1) is 0 Å². The van der Waals surface area contributed by atoms with E-state index in [4.69, 9.17) is 10.5 Å². The van der Waals surface area contributed by atoms with E-state index in [-0.39, 0.29) is 29.3 Å². The zero-order valence-electron chi connectivity index (χ0n) is 17.3. The van der Waals surface area contributed by atoms with Gasteiger partial charge in [0.05, 0.1) is 0 Å². The zero-order valence-corrected chi connectivity index (χ0v) is 17.3. The molecule has 0 saturated carbocycles. The number of rotatable bonds is 7. The number of carbonyl (C=O) groups excluding carboxylic acids is 2. The minimum Gasteiger partial charge on any atom is -0.457 e. The summed E-state index contributed by atoms with van der Waals surface area (Å²) in [4.78, 5) is 35.8. The molecule has 1 fully saturated rings. The number of hydrogen-bond acceptors (Lipinski definition) is 8. The molecule has 1 unspecified atom stereocenters. The third-order valence-electron chi connectivity index (χ3n) is 4.61. The number of alkyl halides is 3. The third-order valence-corrected chi connectivity index (χ3v) is 4.61. The van der Waals surface area contributed by atoms with Crippen LogP contribution in [0.4, 0.5) is 19.1 Å². The Labute approximate surface area is 190 Å². The maximum Gasteiger partial charge on any atom is 0.573 e. The number of aromatic nitrogens is 3. The normalized spacial score (nSPS) is 15.5. The maximum atomic E-state index is 12.3. The Bertz CT molecular complexity index is 1200. The monoisotopic (exact) mass is 474 g/mol. The molecular weight excluding hydrogens is 457 g/mol. The molecule has 1 saturated heterocycles. The van der Waals surface area contributed by atoms with Crippen LogP contribution in [0.2, 0.25) is 0 Å². The van der Waals surface area contributed by atoms with Crippen molar-refractivity contribution in [3.05, 3.63) is 54.4 Å². The van der Waals surface area contributed by atoms with E-state index in [9.17, 15) is 22.8 Å². The second-order valence-corrected chi connectivity index (χ2v) is 7.09. The molecule has 176 valence electrons. The Kier molecular flexibility index (Phi) is 6.17. The molecule has 4 N–H and O–H groups in total. The number of nitrogens with two attached hydrogens (primary N) is 1. The highest BCUT2D eigenvalue weighted by Crippen LogP contribution is 2.28. The molecule has 0 bridgehead atoms. The minimum absolute atomic E-state index is 0.0299. The molecule has 3 aromatic rings. The van der Waals surface area contributed by atoms with Gasteiger partial charge in [0.1, 0.15) is 23.3 Å². The van der Waals surface area contributed by atoms with Crippen LogP contribution < -0.4 is 25.8 Å². The molecule has 10 nitrogen and oxygen atoms in total. The molecular formula is C21H17F3N6O4. The van der Waals surface area contributed by atoms with Gasteiger partial charge in [-0.15, -0.1) is 13.2 Å². The summed E-state index contributed by atoms with van der Waals surface area (Å²) in [7, 11) is 0.